The molecule has 0 aromatic heterocycles. The van der Waals surface area contributed by atoms with Crippen LogP contribution < -0.4 is 10.2 Å². The van der Waals surface area contributed by atoms with Crippen molar-refractivity contribution in [1.29, 1.82) is 0 Å². The van der Waals surface area contributed by atoms with E-state index in [2.05, 4.69) is 539 Å². The van der Waals surface area contributed by atoms with Crippen LogP contribution in [0, 0.1) is 0 Å². The minimum Gasteiger partial charge on any atom is -0.356 e. The Balaban J connectivity index is 0.000000121. The number of nitrogens with one attached hydrogen (secondary N) is 1. The lowest BCUT2D eigenvalue weighted by Gasteiger charge is -2.30. The molecule has 22 aromatic carbocycles. The Morgan fingerprint density at radius 2 is 0.446 bits per heavy atom. The zero-order valence-corrected chi connectivity index (χ0v) is 79.3. The van der Waals surface area contributed by atoms with Crippen molar-refractivity contribution in [2.45, 2.75) is 49.4 Å². The van der Waals surface area contributed by atoms with Gasteiger partial charge in [0, 0.05) is 43.7 Å². The highest BCUT2D eigenvalue weighted by atomic mass is 79.9. The van der Waals surface area contributed by atoms with E-state index in [0.29, 0.717) is 0 Å². The number of hydrogen-bond donors (Lipinski definition) is 1. The molecule has 1 N–H and O–H groups in total. The standard InChI is InChI=1S/C68H47N.C44H29Br.C24H19N/c1-67(2)63-42-49(54-24-15-27-61-66(54)65-53-21-10-9-20-48(53)33-41-62(65)68(61)59-25-13-11-22-55(59)56-23-12-14-26-60(56)68)32-39-57(63)58-40-38-52(43-64(58)67)69(50-34-28-46(29-35-50)44-16-5-3-6-17-44)51-36-30-47(31-37-51)45-18-7-4-8-19-45;1-43(2)39-24-27(18-21-33(39)34-22-20-28(45)25-40(34)43)30-14-9-17-37-42(30)41-29-11-4-3-10-26(29)19-23-38(41)44(37)35-15-7-5-12-31(35)32-13-6-8-16-36(32)44;1-3-7-19(8-4-1)21-11-15-23(16-12-21)25-24-17-13-22(14-18-24)20-9-5-2-6-10-20/h3-43H,1-2H3;3-25H,1-2H3;1-18,25H. The van der Waals surface area contributed by atoms with Gasteiger partial charge < -0.3 is 10.2 Å². The third-order valence-corrected chi connectivity index (χ3v) is 31.4. The summed E-state index contributed by atoms with van der Waals surface area (Å²) >= 11 is 3.73. The van der Waals surface area contributed by atoms with Crippen LogP contribution in [0.4, 0.5) is 28.4 Å². The molecule has 22 aromatic rings. The average molecular weight is 1840 g/mol. The van der Waals surface area contributed by atoms with Crippen molar-refractivity contribution in [3.63, 3.8) is 0 Å². The Morgan fingerprint density at radius 3 is 0.827 bits per heavy atom. The third-order valence-electron chi connectivity index (χ3n) is 30.9. The largest absolute Gasteiger partial charge is 0.356 e. The molecule has 2 spiro atoms. The summed E-state index contributed by atoms with van der Waals surface area (Å²) in [6.07, 6.45) is 0. The van der Waals surface area contributed by atoms with Gasteiger partial charge in [0.2, 0.25) is 0 Å². The van der Waals surface area contributed by atoms with E-state index in [-0.39, 0.29) is 16.2 Å². The van der Waals surface area contributed by atoms with Gasteiger partial charge in [0.05, 0.1) is 10.8 Å². The molecule has 0 bridgehead atoms. The van der Waals surface area contributed by atoms with Gasteiger partial charge in [-0.05, 0) is 307 Å². The smallest absolute Gasteiger partial charge is 0.0725 e. The van der Waals surface area contributed by atoms with E-state index >= 15 is 0 Å². The average Bonchev–Trinajstić information content (AvgIpc) is 1.50. The van der Waals surface area contributed by atoms with Crippen LogP contribution in [0.25, 0.3) is 155 Å². The first kappa shape index (κ1) is 83.1. The molecule has 0 unspecified atom stereocenters. The van der Waals surface area contributed by atoms with Crippen LogP contribution in [0.3, 0.4) is 0 Å². The van der Waals surface area contributed by atoms with E-state index in [1.54, 1.807) is 0 Å². The number of hydrogen-bond acceptors (Lipinski definition) is 2. The molecule has 0 heterocycles. The normalized spacial score (nSPS) is 13.7. The predicted molar refractivity (Wildman–Crippen MR) is 587 cm³/mol. The van der Waals surface area contributed by atoms with E-state index in [1.807, 2.05) is 12.1 Å². The Labute approximate surface area is 821 Å². The SMILES string of the molecule is CC1(C)c2cc(-c3cccc4c3-c3c(ccc5ccccc35)C43c4ccccc4-c4ccccc43)ccc2-c2ccc(N(c3ccc(-c4ccccc4)cc3)c3ccc(-c4ccccc4)cc3)cc21.CC1(C)c2cc(Br)ccc2-c2ccc(-c3cccc4c3-c3c(ccc5ccccc35)C43c4ccccc4-c4ccccc43)cc21.c1ccc(-c2ccc(Nc3ccc(-c4ccccc4)cc3)cc2)cc1. The van der Waals surface area contributed by atoms with Gasteiger partial charge in [0.25, 0.3) is 0 Å². The number of anilines is 5. The Hall–Kier alpha value is -16.6. The molecule has 0 aliphatic heterocycles. The number of rotatable bonds is 11. The van der Waals surface area contributed by atoms with Gasteiger partial charge in [-0.15, -0.1) is 0 Å². The summed E-state index contributed by atoms with van der Waals surface area (Å²) in [5, 5.41) is 8.63. The second-order valence-electron chi connectivity index (χ2n) is 38.9. The molecule has 656 valence electrons. The topological polar surface area (TPSA) is 15.3 Å². The second-order valence-corrected chi connectivity index (χ2v) is 39.8. The first-order chi connectivity index (χ1) is 68.4. The number of halogens is 1. The summed E-state index contributed by atoms with van der Waals surface area (Å²) in [5.74, 6) is 0. The Bertz CT molecular complexity index is 8420. The first-order valence-electron chi connectivity index (χ1n) is 48.5. The lowest BCUT2D eigenvalue weighted by molar-refractivity contribution is 0.660. The number of fused-ring (bicyclic) bond motifs is 30. The van der Waals surface area contributed by atoms with Gasteiger partial charge in [-0.3, -0.25) is 0 Å². The molecule has 6 aliphatic rings. The Kier molecular flexibility index (Phi) is 19.7. The lowest BCUT2D eigenvalue weighted by Crippen LogP contribution is -2.25. The van der Waals surface area contributed by atoms with Crippen LogP contribution in [0.15, 0.2) is 502 Å². The maximum Gasteiger partial charge on any atom is 0.0725 e. The van der Waals surface area contributed by atoms with E-state index in [0.717, 1.165) is 32.9 Å². The van der Waals surface area contributed by atoms with E-state index < -0.39 is 5.41 Å². The predicted octanol–water partition coefficient (Wildman–Crippen LogP) is 36.6. The summed E-state index contributed by atoms with van der Waals surface area (Å²) in [6, 6.07) is 184. The molecular formula is C136H95BrN2. The van der Waals surface area contributed by atoms with Gasteiger partial charge in [-0.2, -0.15) is 0 Å². The summed E-state index contributed by atoms with van der Waals surface area (Å²) in [6.45, 7) is 9.57. The van der Waals surface area contributed by atoms with Crippen molar-refractivity contribution in [3.05, 3.63) is 569 Å². The molecule has 0 radical (unpaired) electrons. The fraction of sp³-hybridized carbons (Fsp3) is 0.0588. The van der Waals surface area contributed by atoms with Crippen molar-refractivity contribution in [2.75, 3.05) is 10.2 Å². The minimum absolute atomic E-state index is 0.0857. The van der Waals surface area contributed by atoms with Gasteiger partial charge in [-0.25, -0.2) is 0 Å². The zero-order valence-electron chi connectivity index (χ0n) is 77.7. The molecule has 0 saturated heterocycles. The van der Waals surface area contributed by atoms with E-state index in [4.69, 9.17) is 0 Å². The van der Waals surface area contributed by atoms with Crippen molar-refractivity contribution < 1.29 is 0 Å². The maximum absolute atomic E-state index is 3.73. The highest BCUT2D eigenvalue weighted by Gasteiger charge is 2.55. The fourth-order valence-corrected chi connectivity index (χ4v) is 24.9. The maximum atomic E-state index is 3.73. The van der Waals surface area contributed by atoms with Crippen LogP contribution >= 0.6 is 15.9 Å². The molecule has 0 amide bonds. The zero-order chi connectivity index (χ0) is 92.8. The van der Waals surface area contributed by atoms with Crippen molar-refractivity contribution in [3.8, 4) is 134 Å². The van der Waals surface area contributed by atoms with Crippen LogP contribution in [0.5, 0.6) is 0 Å². The van der Waals surface area contributed by atoms with Gasteiger partial charge in [0.1, 0.15) is 0 Å². The van der Waals surface area contributed by atoms with E-state index in [1.165, 1.54) is 222 Å². The second kappa shape index (κ2) is 32.9. The lowest BCUT2D eigenvalue weighted by atomic mass is 9.70. The summed E-state index contributed by atoms with van der Waals surface area (Å²) in [5.41, 5.74) is 51.9. The first-order valence-corrected chi connectivity index (χ1v) is 49.3. The molecular weight excluding hydrogens is 1740 g/mol. The molecule has 3 heteroatoms. The summed E-state index contributed by atoms with van der Waals surface area (Å²) in [7, 11) is 0. The summed E-state index contributed by atoms with van der Waals surface area (Å²) in [4.78, 5) is 2.42. The van der Waals surface area contributed by atoms with Crippen molar-refractivity contribution >= 4 is 65.9 Å². The minimum atomic E-state index is -0.420. The molecule has 0 saturated carbocycles. The van der Waals surface area contributed by atoms with Crippen LogP contribution in [0.1, 0.15) is 94.5 Å². The quantitative estimate of drug-likeness (QED) is 0.139. The van der Waals surface area contributed by atoms with Gasteiger partial charge in [0.15, 0.2) is 0 Å². The highest BCUT2D eigenvalue weighted by Crippen LogP contribution is 2.68. The van der Waals surface area contributed by atoms with E-state index in [9.17, 15) is 0 Å². The summed E-state index contributed by atoms with van der Waals surface area (Å²) < 4.78 is 1.13. The number of benzene rings is 22. The Morgan fingerprint density at radius 1 is 0.180 bits per heavy atom. The molecule has 28 rings (SSSR count). The fourth-order valence-electron chi connectivity index (χ4n) is 24.5. The monoisotopic (exact) mass is 1830 g/mol. The van der Waals surface area contributed by atoms with Crippen molar-refractivity contribution in [1.82, 2.24) is 0 Å². The number of nitrogens with zero attached hydrogens (tertiary/aromatic N) is 1. The van der Waals surface area contributed by atoms with Gasteiger partial charge >= 0.3 is 0 Å². The van der Waals surface area contributed by atoms with Crippen LogP contribution in [0.2, 0.25) is 0 Å². The molecule has 0 atom stereocenters. The molecule has 2 nitrogen and oxygen atoms in total. The molecule has 139 heavy (non-hydrogen) atoms. The van der Waals surface area contributed by atoms with Gasteiger partial charge in [-0.1, -0.05) is 456 Å². The highest BCUT2D eigenvalue weighted by molar-refractivity contribution is 9.10. The van der Waals surface area contributed by atoms with Crippen molar-refractivity contribution in [2.24, 2.45) is 0 Å². The third kappa shape index (κ3) is 13.1. The molecule has 6 aliphatic carbocycles. The van der Waals surface area contributed by atoms with Crippen LogP contribution in [-0.4, -0.2) is 0 Å². The van der Waals surface area contributed by atoms with Crippen LogP contribution in [-0.2, 0) is 21.7 Å². The molecule has 0 fully saturated rings.